The molecule has 92 valence electrons. The van der Waals surface area contributed by atoms with E-state index >= 15 is 0 Å². The summed E-state index contributed by atoms with van der Waals surface area (Å²) >= 11 is 9.34. The molecule has 0 aliphatic rings. The average Bonchev–Trinajstić information content (AvgIpc) is 2.21. The Morgan fingerprint density at radius 2 is 2.00 bits per heavy atom. The number of hydrogen-bond donors (Lipinski definition) is 0. The van der Waals surface area contributed by atoms with Gasteiger partial charge in [0.25, 0.3) is 5.24 Å². The number of benzene rings is 1. The van der Waals surface area contributed by atoms with Crippen LogP contribution in [0.25, 0.3) is 0 Å². The summed E-state index contributed by atoms with van der Waals surface area (Å²) in [5.74, 6) is -0.856. The molecular weight excluding hydrogens is 331 g/mol. The zero-order valence-corrected chi connectivity index (χ0v) is 12.2. The molecule has 0 spiro atoms. The minimum Gasteiger partial charge on any atom is -0.287 e. The van der Waals surface area contributed by atoms with Gasteiger partial charge in [-0.25, -0.2) is 4.39 Å². The van der Waals surface area contributed by atoms with Crippen LogP contribution in [0.2, 0.25) is 0 Å². The molecular formula is C11H9BrClFO2S. The monoisotopic (exact) mass is 338 g/mol. The van der Waals surface area contributed by atoms with E-state index in [0.29, 0.717) is 9.37 Å². The van der Waals surface area contributed by atoms with Gasteiger partial charge in [0.1, 0.15) is 5.82 Å². The molecule has 0 aliphatic heterocycles. The number of rotatable bonds is 3. The molecule has 0 saturated heterocycles. The molecule has 0 atom stereocenters. The first kappa shape index (κ1) is 14.7. The zero-order valence-electron chi connectivity index (χ0n) is 9.09. The summed E-state index contributed by atoms with van der Waals surface area (Å²) in [5.41, 5.74) is -0.228. The lowest BCUT2D eigenvalue weighted by Gasteiger charge is -2.07. The van der Waals surface area contributed by atoms with Gasteiger partial charge in [0.05, 0.1) is 5.56 Å². The number of thioether (sulfide) groups is 1. The Morgan fingerprint density at radius 1 is 1.41 bits per heavy atom. The molecule has 0 heterocycles. The normalized spacial score (nSPS) is 10.7. The van der Waals surface area contributed by atoms with Crippen molar-refractivity contribution >= 4 is 49.7 Å². The van der Waals surface area contributed by atoms with E-state index in [1.54, 1.807) is 13.8 Å². The molecule has 0 aromatic heterocycles. The summed E-state index contributed by atoms with van der Waals surface area (Å²) in [6, 6.07) is 2.41. The summed E-state index contributed by atoms with van der Waals surface area (Å²) < 4.78 is 13.8. The van der Waals surface area contributed by atoms with Crippen molar-refractivity contribution in [3.8, 4) is 0 Å². The average molecular weight is 340 g/mol. The molecule has 0 aliphatic carbocycles. The van der Waals surface area contributed by atoms with E-state index in [1.165, 1.54) is 6.07 Å². The number of halogens is 3. The molecule has 1 rings (SSSR count). The van der Waals surface area contributed by atoms with Gasteiger partial charge in [-0.2, -0.15) is 0 Å². The van der Waals surface area contributed by atoms with Crippen molar-refractivity contribution in [2.24, 2.45) is 5.92 Å². The molecule has 0 amide bonds. The van der Waals surface area contributed by atoms with Crippen LogP contribution in [0.4, 0.5) is 4.39 Å². The van der Waals surface area contributed by atoms with Gasteiger partial charge >= 0.3 is 0 Å². The van der Waals surface area contributed by atoms with Crippen LogP contribution in [0.5, 0.6) is 0 Å². The fourth-order valence-corrected chi connectivity index (χ4v) is 2.47. The van der Waals surface area contributed by atoms with Crippen molar-refractivity contribution in [3.63, 3.8) is 0 Å². The van der Waals surface area contributed by atoms with E-state index in [9.17, 15) is 14.0 Å². The maximum Gasteiger partial charge on any atom is 0.255 e. The highest BCUT2D eigenvalue weighted by molar-refractivity contribution is 9.10. The van der Waals surface area contributed by atoms with Crippen molar-refractivity contribution < 1.29 is 14.0 Å². The maximum absolute atomic E-state index is 13.3. The van der Waals surface area contributed by atoms with Crippen LogP contribution in [-0.4, -0.2) is 10.4 Å². The second kappa shape index (κ2) is 5.98. The molecule has 0 radical (unpaired) electrons. The van der Waals surface area contributed by atoms with Gasteiger partial charge in [-0.3, -0.25) is 9.59 Å². The highest BCUT2D eigenvalue weighted by Crippen LogP contribution is 2.32. The predicted molar refractivity (Wildman–Crippen MR) is 70.0 cm³/mol. The lowest BCUT2D eigenvalue weighted by molar-refractivity contribution is -0.113. The molecule has 1 aromatic carbocycles. The Hall–Kier alpha value is -0.390. The second-order valence-electron chi connectivity index (χ2n) is 3.61. The SMILES string of the molecule is CC(C)C(=O)Sc1cc(C(=O)Cl)c(F)cc1Br. The Kier molecular flexibility index (Phi) is 5.16. The number of carbonyl (C=O) groups excluding carboxylic acids is 2. The highest BCUT2D eigenvalue weighted by atomic mass is 79.9. The smallest absolute Gasteiger partial charge is 0.255 e. The molecule has 0 unspecified atom stereocenters. The molecule has 0 bridgehead atoms. The Morgan fingerprint density at radius 3 is 2.47 bits per heavy atom. The first-order valence-electron chi connectivity index (χ1n) is 4.73. The van der Waals surface area contributed by atoms with E-state index in [4.69, 9.17) is 11.6 Å². The molecule has 2 nitrogen and oxygen atoms in total. The highest BCUT2D eigenvalue weighted by Gasteiger charge is 2.17. The first-order chi connectivity index (χ1) is 7.82. The maximum atomic E-state index is 13.3. The van der Waals surface area contributed by atoms with Crippen molar-refractivity contribution in [3.05, 3.63) is 28.0 Å². The Labute approximate surface area is 116 Å². The third-order valence-corrected chi connectivity index (χ3v) is 4.27. The van der Waals surface area contributed by atoms with Crippen LogP contribution < -0.4 is 0 Å². The third kappa shape index (κ3) is 3.79. The molecule has 6 heteroatoms. The Bertz CT molecular complexity index is 477. The summed E-state index contributed by atoms with van der Waals surface area (Å²) in [7, 11) is 0. The van der Waals surface area contributed by atoms with Gasteiger partial charge < -0.3 is 0 Å². The lowest BCUT2D eigenvalue weighted by Crippen LogP contribution is -2.02. The molecule has 0 saturated carbocycles. The van der Waals surface area contributed by atoms with E-state index in [-0.39, 0.29) is 16.6 Å². The quantitative estimate of drug-likeness (QED) is 0.610. The van der Waals surface area contributed by atoms with E-state index in [2.05, 4.69) is 15.9 Å². The third-order valence-electron chi connectivity index (χ3n) is 1.92. The first-order valence-corrected chi connectivity index (χ1v) is 6.72. The predicted octanol–water partition coefficient (Wildman–Crippen LogP) is 4.24. The molecule has 0 N–H and O–H groups in total. The molecule has 1 aromatic rings. The lowest BCUT2D eigenvalue weighted by atomic mass is 10.2. The summed E-state index contributed by atoms with van der Waals surface area (Å²) in [5, 5.41) is -0.945. The summed E-state index contributed by atoms with van der Waals surface area (Å²) in [6.07, 6.45) is 0. The van der Waals surface area contributed by atoms with Crippen molar-refractivity contribution in [1.82, 2.24) is 0 Å². The topological polar surface area (TPSA) is 34.1 Å². The summed E-state index contributed by atoms with van der Waals surface area (Å²) in [6.45, 7) is 3.53. The van der Waals surface area contributed by atoms with Crippen LogP contribution in [-0.2, 0) is 4.79 Å². The van der Waals surface area contributed by atoms with Crippen LogP contribution in [0.3, 0.4) is 0 Å². The fourth-order valence-electron chi connectivity index (χ4n) is 0.984. The van der Waals surface area contributed by atoms with Crippen molar-refractivity contribution in [2.75, 3.05) is 0 Å². The van der Waals surface area contributed by atoms with Crippen LogP contribution in [0, 0.1) is 11.7 Å². The van der Waals surface area contributed by atoms with Gasteiger partial charge in [-0.05, 0) is 39.7 Å². The minimum absolute atomic E-state index is 0.0646. The van der Waals surface area contributed by atoms with E-state index in [1.807, 2.05) is 0 Å². The standard InChI is InChI=1S/C11H9BrClFO2S/c1-5(2)11(16)17-9-3-6(10(13)15)8(14)4-7(9)12/h3-5H,1-2H3. The largest absolute Gasteiger partial charge is 0.287 e. The number of carbonyl (C=O) groups is 2. The van der Waals surface area contributed by atoms with Gasteiger partial charge in [-0.1, -0.05) is 25.6 Å². The fraction of sp³-hybridized carbons (Fsp3) is 0.273. The summed E-state index contributed by atoms with van der Waals surface area (Å²) in [4.78, 5) is 23.0. The van der Waals surface area contributed by atoms with E-state index < -0.39 is 11.1 Å². The van der Waals surface area contributed by atoms with Gasteiger partial charge in [0.15, 0.2) is 5.12 Å². The second-order valence-corrected chi connectivity index (χ2v) is 5.86. The molecule has 17 heavy (non-hydrogen) atoms. The van der Waals surface area contributed by atoms with Gasteiger partial charge in [0.2, 0.25) is 0 Å². The zero-order chi connectivity index (χ0) is 13.2. The van der Waals surface area contributed by atoms with Crippen LogP contribution >= 0.6 is 39.3 Å². The van der Waals surface area contributed by atoms with E-state index in [0.717, 1.165) is 17.8 Å². The Balaban J connectivity index is 3.12. The van der Waals surface area contributed by atoms with Crippen LogP contribution in [0.15, 0.2) is 21.5 Å². The molecule has 0 fully saturated rings. The van der Waals surface area contributed by atoms with Crippen LogP contribution in [0.1, 0.15) is 24.2 Å². The number of hydrogen-bond acceptors (Lipinski definition) is 3. The van der Waals surface area contributed by atoms with Gasteiger partial charge in [0, 0.05) is 15.3 Å². The van der Waals surface area contributed by atoms with Crippen molar-refractivity contribution in [2.45, 2.75) is 18.7 Å². The van der Waals surface area contributed by atoms with Gasteiger partial charge in [-0.15, -0.1) is 0 Å². The van der Waals surface area contributed by atoms with Crippen molar-refractivity contribution in [1.29, 1.82) is 0 Å². The minimum atomic E-state index is -0.881.